The standard InChI is InChI=1S/C11H19N3O2S2/c1-2-6-13-8-4-3-5-9-11(8)17-10(14-9)7-18(12,15)16/h8,13H,2-7H2,1H3,(H2,12,15,16). The fourth-order valence-corrected chi connectivity index (χ4v) is 4.37. The highest BCUT2D eigenvalue weighted by atomic mass is 32.2. The Morgan fingerprint density at radius 1 is 1.56 bits per heavy atom. The van der Waals surface area contributed by atoms with E-state index in [1.807, 2.05) is 0 Å². The van der Waals surface area contributed by atoms with Crippen LogP contribution in [0.1, 0.15) is 47.8 Å². The van der Waals surface area contributed by atoms with Crippen LogP contribution in [0, 0.1) is 0 Å². The predicted octanol–water partition coefficient (Wildman–Crippen LogP) is 1.31. The summed E-state index contributed by atoms with van der Waals surface area (Å²) in [4.78, 5) is 5.62. The van der Waals surface area contributed by atoms with E-state index < -0.39 is 10.0 Å². The highest BCUT2D eigenvalue weighted by molar-refractivity contribution is 7.88. The molecule has 0 aliphatic heterocycles. The van der Waals surface area contributed by atoms with Crippen LogP contribution in [-0.2, 0) is 22.2 Å². The molecule has 102 valence electrons. The van der Waals surface area contributed by atoms with E-state index >= 15 is 0 Å². The molecule has 5 nitrogen and oxygen atoms in total. The zero-order valence-electron chi connectivity index (χ0n) is 10.5. The maximum absolute atomic E-state index is 11.1. The lowest BCUT2D eigenvalue weighted by Crippen LogP contribution is -2.24. The van der Waals surface area contributed by atoms with E-state index in [9.17, 15) is 8.42 Å². The Labute approximate surface area is 112 Å². The Morgan fingerprint density at radius 2 is 2.33 bits per heavy atom. The van der Waals surface area contributed by atoms with E-state index in [1.54, 1.807) is 0 Å². The Morgan fingerprint density at radius 3 is 3.00 bits per heavy atom. The number of aromatic nitrogens is 1. The number of sulfonamides is 1. The summed E-state index contributed by atoms with van der Waals surface area (Å²) in [6, 6.07) is 0.334. The van der Waals surface area contributed by atoms with Gasteiger partial charge in [-0.25, -0.2) is 18.5 Å². The zero-order valence-corrected chi connectivity index (χ0v) is 12.1. The largest absolute Gasteiger partial charge is 0.309 e. The quantitative estimate of drug-likeness (QED) is 0.856. The van der Waals surface area contributed by atoms with Gasteiger partial charge in [-0.15, -0.1) is 11.3 Å². The molecular weight excluding hydrogens is 270 g/mol. The topological polar surface area (TPSA) is 85.1 Å². The smallest absolute Gasteiger partial charge is 0.215 e. The summed E-state index contributed by atoms with van der Waals surface area (Å²) in [7, 11) is -3.48. The molecule has 18 heavy (non-hydrogen) atoms. The van der Waals surface area contributed by atoms with Crippen LogP contribution in [0.3, 0.4) is 0 Å². The zero-order chi connectivity index (χ0) is 13.2. The van der Waals surface area contributed by atoms with Crippen LogP contribution in [0.4, 0.5) is 0 Å². The van der Waals surface area contributed by atoms with Gasteiger partial charge in [-0.2, -0.15) is 0 Å². The van der Waals surface area contributed by atoms with E-state index in [2.05, 4.69) is 17.2 Å². The van der Waals surface area contributed by atoms with Crippen molar-refractivity contribution in [3.63, 3.8) is 0 Å². The van der Waals surface area contributed by atoms with Gasteiger partial charge in [0.15, 0.2) is 0 Å². The van der Waals surface area contributed by atoms with E-state index in [1.165, 1.54) is 16.2 Å². The number of nitrogens with zero attached hydrogens (tertiary/aromatic N) is 1. The third-order valence-corrected chi connectivity index (χ3v) is 5.03. The summed E-state index contributed by atoms with van der Waals surface area (Å²) < 4.78 is 22.2. The SMILES string of the molecule is CCCNC1CCCc2nc(CS(N)(=O)=O)sc21. The van der Waals surface area contributed by atoms with Gasteiger partial charge >= 0.3 is 0 Å². The normalized spacial score (nSPS) is 19.8. The highest BCUT2D eigenvalue weighted by Gasteiger charge is 2.24. The molecule has 0 radical (unpaired) electrons. The highest BCUT2D eigenvalue weighted by Crippen LogP contribution is 2.34. The first-order valence-corrected chi connectivity index (χ1v) is 8.75. The summed E-state index contributed by atoms with van der Waals surface area (Å²) in [5, 5.41) is 9.18. The molecule has 2 rings (SSSR count). The molecular formula is C11H19N3O2S2. The van der Waals surface area contributed by atoms with E-state index in [4.69, 9.17) is 5.14 Å². The van der Waals surface area contributed by atoms with Crippen molar-refractivity contribution < 1.29 is 8.42 Å². The molecule has 1 aromatic rings. The summed E-state index contributed by atoms with van der Waals surface area (Å²) in [5.41, 5.74) is 1.05. The van der Waals surface area contributed by atoms with Crippen LogP contribution in [0.25, 0.3) is 0 Å². The number of nitrogens with two attached hydrogens (primary N) is 1. The molecule has 1 aromatic heterocycles. The minimum Gasteiger partial charge on any atom is -0.309 e. The van der Waals surface area contributed by atoms with E-state index in [-0.39, 0.29) is 5.75 Å². The second kappa shape index (κ2) is 5.64. The van der Waals surface area contributed by atoms with Crippen molar-refractivity contribution in [2.24, 2.45) is 5.14 Å². The lowest BCUT2D eigenvalue weighted by molar-refractivity contribution is 0.464. The van der Waals surface area contributed by atoms with Crippen LogP contribution in [-0.4, -0.2) is 19.9 Å². The van der Waals surface area contributed by atoms with Gasteiger partial charge in [-0.3, -0.25) is 0 Å². The first kappa shape index (κ1) is 13.9. The van der Waals surface area contributed by atoms with Crippen molar-refractivity contribution in [3.8, 4) is 0 Å². The number of hydrogen-bond donors (Lipinski definition) is 2. The van der Waals surface area contributed by atoms with Crippen molar-refractivity contribution in [2.75, 3.05) is 6.54 Å². The van der Waals surface area contributed by atoms with Crippen molar-refractivity contribution in [1.29, 1.82) is 0 Å². The molecule has 1 heterocycles. The average molecular weight is 289 g/mol. The van der Waals surface area contributed by atoms with Gasteiger partial charge < -0.3 is 5.32 Å². The number of nitrogens with one attached hydrogen (secondary N) is 1. The first-order chi connectivity index (χ1) is 8.49. The number of rotatable bonds is 5. The lowest BCUT2D eigenvalue weighted by Gasteiger charge is -2.22. The first-order valence-electron chi connectivity index (χ1n) is 6.22. The Bertz CT molecular complexity index is 510. The van der Waals surface area contributed by atoms with Crippen LogP contribution < -0.4 is 10.5 Å². The maximum Gasteiger partial charge on any atom is 0.215 e. The molecule has 1 atom stereocenters. The fraction of sp³-hybridized carbons (Fsp3) is 0.727. The van der Waals surface area contributed by atoms with Crippen molar-refractivity contribution in [1.82, 2.24) is 10.3 Å². The van der Waals surface area contributed by atoms with Gasteiger partial charge in [0.2, 0.25) is 10.0 Å². The van der Waals surface area contributed by atoms with Gasteiger partial charge in [0.25, 0.3) is 0 Å². The molecule has 1 unspecified atom stereocenters. The predicted molar refractivity (Wildman–Crippen MR) is 72.9 cm³/mol. The van der Waals surface area contributed by atoms with Crippen molar-refractivity contribution in [2.45, 2.75) is 44.4 Å². The second-order valence-electron chi connectivity index (χ2n) is 4.62. The van der Waals surface area contributed by atoms with Crippen molar-refractivity contribution in [3.05, 3.63) is 15.6 Å². The van der Waals surface area contributed by atoms with Crippen LogP contribution in [0.2, 0.25) is 0 Å². The molecule has 0 saturated heterocycles. The van der Waals surface area contributed by atoms with Gasteiger partial charge in [-0.05, 0) is 32.2 Å². The molecule has 0 saturated carbocycles. The Balaban J connectivity index is 2.18. The maximum atomic E-state index is 11.1. The van der Waals surface area contributed by atoms with E-state index in [0.29, 0.717) is 11.0 Å². The molecule has 1 aliphatic rings. The molecule has 0 spiro atoms. The molecule has 7 heteroatoms. The third-order valence-electron chi connectivity index (χ3n) is 2.96. The van der Waals surface area contributed by atoms with Crippen LogP contribution in [0.15, 0.2) is 0 Å². The third kappa shape index (κ3) is 3.50. The summed E-state index contributed by atoms with van der Waals surface area (Å²) in [6.07, 6.45) is 4.24. The molecule has 1 aliphatic carbocycles. The van der Waals surface area contributed by atoms with Crippen LogP contribution >= 0.6 is 11.3 Å². The van der Waals surface area contributed by atoms with Crippen molar-refractivity contribution >= 4 is 21.4 Å². The number of primary sulfonamides is 1. The summed E-state index contributed by atoms with van der Waals surface area (Å²) in [6.45, 7) is 3.11. The number of thiazole rings is 1. The van der Waals surface area contributed by atoms with Gasteiger partial charge in [-0.1, -0.05) is 6.92 Å². The molecule has 3 N–H and O–H groups in total. The molecule has 0 fully saturated rings. The second-order valence-corrected chi connectivity index (χ2v) is 7.35. The summed E-state index contributed by atoms with van der Waals surface area (Å²) >= 11 is 1.49. The lowest BCUT2D eigenvalue weighted by atomic mass is 9.98. The fourth-order valence-electron chi connectivity index (χ4n) is 2.22. The van der Waals surface area contributed by atoms with Gasteiger partial charge in [0.05, 0.1) is 5.69 Å². The van der Waals surface area contributed by atoms with Crippen LogP contribution in [0.5, 0.6) is 0 Å². The molecule has 0 amide bonds. The number of aryl methyl sites for hydroxylation is 1. The Kier molecular flexibility index (Phi) is 4.37. The minimum atomic E-state index is -3.48. The van der Waals surface area contributed by atoms with Gasteiger partial charge in [0, 0.05) is 10.9 Å². The average Bonchev–Trinajstić information content (AvgIpc) is 2.66. The Hall–Kier alpha value is -0.500. The van der Waals surface area contributed by atoms with Gasteiger partial charge in [0.1, 0.15) is 10.8 Å². The molecule has 0 bridgehead atoms. The minimum absolute atomic E-state index is 0.148. The van der Waals surface area contributed by atoms with E-state index in [0.717, 1.165) is 37.9 Å². The number of hydrogen-bond acceptors (Lipinski definition) is 5. The molecule has 0 aromatic carbocycles. The monoisotopic (exact) mass is 289 g/mol. The number of fused-ring (bicyclic) bond motifs is 1. The summed E-state index contributed by atoms with van der Waals surface area (Å²) in [5.74, 6) is -0.148.